The van der Waals surface area contributed by atoms with E-state index in [1.54, 1.807) is 45.9 Å². The fourth-order valence-corrected chi connectivity index (χ4v) is 0.821. The van der Waals surface area contributed by atoms with Crippen molar-refractivity contribution >= 4 is 5.97 Å². The summed E-state index contributed by atoms with van der Waals surface area (Å²) in [5.74, 6) is -0.581. The SMILES string of the molecule is CC(C)O.CC(C)O.COc1ccccc1C(=O)O. The fourth-order valence-electron chi connectivity index (χ4n) is 0.821. The summed E-state index contributed by atoms with van der Waals surface area (Å²) in [6.07, 6.45) is -0.333. The van der Waals surface area contributed by atoms with Gasteiger partial charge in [-0.1, -0.05) is 12.1 Å². The van der Waals surface area contributed by atoms with E-state index in [-0.39, 0.29) is 17.8 Å². The maximum absolute atomic E-state index is 10.5. The largest absolute Gasteiger partial charge is 0.496 e. The van der Waals surface area contributed by atoms with Crippen LogP contribution in [0.4, 0.5) is 0 Å². The van der Waals surface area contributed by atoms with Crippen LogP contribution in [0.3, 0.4) is 0 Å². The molecule has 5 heteroatoms. The van der Waals surface area contributed by atoms with Gasteiger partial charge in [0.1, 0.15) is 11.3 Å². The van der Waals surface area contributed by atoms with Crippen molar-refractivity contribution in [2.75, 3.05) is 7.11 Å². The zero-order valence-electron chi connectivity index (χ0n) is 12.1. The van der Waals surface area contributed by atoms with Crippen molar-refractivity contribution in [2.24, 2.45) is 0 Å². The smallest absolute Gasteiger partial charge is 0.339 e. The molecule has 0 spiro atoms. The summed E-state index contributed by atoms with van der Waals surface area (Å²) in [7, 11) is 1.45. The molecular weight excluding hydrogens is 248 g/mol. The molecule has 3 N–H and O–H groups in total. The van der Waals surface area contributed by atoms with E-state index in [9.17, 15) is 4.79 Å². The zero-order valence-corrected chi connectivity index (χ0v) is 12.1. The number of carbonyl (C=O) groups is 1. The summed E-state index contributed by atoms with van der Waals surface area (Å²) in [6, 6.07) is 6.50. The Balaban J connectivity index is 0. The van der Waals surface area contributed by atoms with Crippen LogP contribution in [0, 0.1) is 0 Å². The fraction of sp³-hybridized carbons (Fsp3) is 0.500. The molecule has 0 aromatic heterocycles. The third-order valence-corrected chi connectivity index (χ3v) is 1.34. The van der Waals surface area contributed by atoms with Gasteiger partial charge in [0.25, 0.3) is 0 Å². The summed E-state index contributed by atoms with van der Waals surface area (Å²) < 4.78 is 4.83. The molecule has 0 aliphatic heterocycles. The number of para-hydroxylation sites is 1. The van der Waals surface area contributed by atoms with E-state index in [0.717, 1.165) is 0 Å². The maximum Gasteiger partial charge on any atom is 0.339 e. The highest BCUT2D eigenvalue weighted by atomic mass is 16.5. The van der Waals surface area contributed by atoms with Gasteiger partial charge in [-0.3, -0.25) is 0 Å². The second-order valence-corrected chi connectivity index (χ2v) is 4.19. The van der Waals surface area contributed by atoms with E-state index in [2.05, 4.69) is 0 Å². The second-order valence-electron chi connectivity index (χ2n) is 4.19. The minimum atomic E-state index is -0.970. The molecule has 0 fully saturated rings. The van der Waals surface area contributed by atoms with Gasteiger partial charge in [-0.05, 0) is 39.8 Å². The number of methoxy groups -OCH3 is 1. The van der Waals surface area contributed by atoms with E-state index in [4.69, 9.17) is 20.1 Å². The lowest BCUT2D eigenvalue weighted by Gasteiger charge is -2.01. The quantitative estimate of drug-likeness (QED) is 0.768. The lowest BCUT2D eigenvalue weighted by molar-refractivity contribution is 0.0693. The van der Waals surface area contributed by atoms with E-state index in [0.29, 0.717) is 5.75 Å². The summed E-state index contributed by atoms with van der Waals surface area (Å²) in [4.78, 5) is 10.5. The van der Waals surface area contributed by atoms with Crippen LogP contribution in [0.15, 0.2) is 24.3 Å². The number of aromatic carboxylic acids is 1. The molecule has 110 valence electrons. The van der Waals surface area contributed by atoms with Crippen LogP contribution in [-0.2, 0) is 0 Å². The van der Waals surface area contributed by atoms with E-state index in [1.807, 2.05) is 0 Å². The minimum absolute atomic E-state index is 0.167. The molecule has 0 unspecified atom stereocenters. The molecule has 0 radical (unpaired) electrons. The molecule has 5 nitrogen and oxygen atoms in total. The first-order valence-corrected chi connectivity index (χ1v) is 5.94. The van der Waals surface area contributed by atoms with Crippen LogP contribution >= 0.6 is 0 Å². The van der Waals surface area contributed by atoms with Crippen LogP contribution in [0.2, 0.25) is 0 Å². The third-order valence-electron chi connectivity index (χ3n) is 1.34. The first-order valence-electron chi connectivity index (χ1n) is 5.94. The van der Waals surface area contributed by atoms with Crippen LogP contribution in [0.5, 0.6) is 5.75 Å². The van der Waals surface area contributed by atoms with E-state index >= 15 is 0 Å². The Morgan fingerprint density at radius 3 is 1.68 bits per heavy atom. The number of hydrogen-bond acceptors (Lipinski definition) is 4. The van der Waals surface area contributed by atoms with Crippen LogP contribution in [0.1, 0.15) is 38.1 Å². The third kappa shape index (κ3) is 14.3. The Morgan fingerprint density at radius 2 is 1.42 bits per heavy atom. The van der Waals surface area contributed by atoms with Crippen LogP contribution in [0.25, 0.3) is 0 Å². The van der Waals surface area contributed by atoms with Crippen molar-refractivity contribution in [2.45, 2.75) is 39.9 Å². The number of aliphatic hydroxyl groups is 2. The topological polar surface area (TPSA) is 87.0 Å². The van der Waals surface area contributed by atoms with Gasteiger partial charge in [0.05, 0.1) is 7.11 Å². The highest BCUT2D eigenvalue weighted by Crippen LogP contribution is 2.16. The van der Waals surface area contributed by atoms with E-state index < -0.39 is 5.97 Å². The molecule has 0 aliphatic rings. The molecule has 1 aromatic rings. The Labute approximate surface area is 114 Å². The Hall–Kier alpha value is -1.59. The average Bonchev–Trinajstić information content (AvgIpc) is 2.27. The second kappa shape index (κ2) is 11.5. The van der Waals surface area contributed by atoms with Crippen molar-refractivity contribution in [1.29, 1.82) is 0 Å². The van der Waals surface area contributed by atoms with Gasteiger partial charge in [-0.25, -0.2) is 4.79 Å². The Bertz CT molecular complexity index is 336. The molecule has 0 aliphatic carbocycles. The van der Waals surface area contributed by atoms with Crippen LogP contribution in [-0.4, -0.2) is 40.6 Å². The summed E-state index contributed by atoms with van der Waals surface area (Å²) >= 11 is 0. The van der Waals surface area contributed by atoms with Gasteiger partial charge in [-0.2, -0.15) is 0 Å². The van der Waals surface area contributed by atoms with Gasteiger partial charge in [0.15, 0.2) is 0 Å². The lowest BCUT2D eigenvalue weighted by Crippen LogP contribution is -1.99. The number of aliphatic hydroxyl groups excluding tert-OH is 2. The van der Waals surface area contributed by atoms with E-state index in [1.165, 1.54) is 13.2 Å². The van der Waals surface area contributed by atoms with Gasteiger partial charge >= 0.3 is 5.97 Å². The molecule has 0 atom stereocenters. The number of carboxylic acids is 1. The summed E-state index contributed by atoms with van der Waals surface area (Å²) in [5.41, 5.74) is 0.190. The molecule has 0 amide bonds. The molecule has 0 heterocycles. The first-order chi connectivity index (χ1) is 8.72. The lowest BCUT2D eigenvalue weighted by atomic mass is 10.2. The molecule has 19 heavy (non-hydrogen) atoms. The number of rotatable bonds is 2. The maximum atomic E-state index is 10.5. The molecule has 0 saturated heterocycles. The van der Waals surface area contributed by atoms with Gasteiger partial charge in [0.2, 0.25) is 0 Å². The highest BCUT2D eigenvalue weighted by Gasteiger charge is 2.07. The van der Waals surface area contributed by atoms with Gasteiger partial charge < -0.3 is 20.1 Å². The van der Waals surface area contributed by atoms with Gasteiger partial charge in [0, 0.05) is 12.2 Å². The normalized spacial score (nSPS) is 9.11. The van der Waals surface area contributed by atoms with Gasteiger partial charge in [-0.15, -0.1) is 0 Å². The molecular formula is C14H24O5. The first kappa shape index (κ1) is 19.7. The molecule has 1 rings (SSSR count). The number of carboxylic acid groups (broad SMARTS) is 1. The number of benzene rings is 1. The highest BCUT2D eigenvalue weighted by molar-refractivity contribution is 5.90. The van der Waals surface area contributed by atoms with Crippen molar-refractivity contribution in [3.63, 3.8) is 0 Å². The van der Waals surface area contributed by atoms with Crippen LogP contribution < -0.4 is 4.74 Å². The number of ether oxygens (including phenoxy) is 1. The Kier molecular flexibility index (Phi) is 11.9. The zero-order chi connectivity index (χ0) is 15.4. The minimum Gasteiger partial charge on any atom is -0.496 e. The molecule has 0 bridgehead atoms. The van der Waals surface area contributed by atoms with Crippen molar-refractivity contribution in [3.8, 4) is 5.75 Å². The predicted molar refractivity (Wildman–Crippen MR) is 74.7 cm³/mol. The number of hydrogen-bond donors (Lipinski definition) is 3. The predicted octanol–water partition coefficient (Wildman–Crippen LogP) is 2.17. The average molecular weight is 272 g/mol. The van der Waals surface area contributed by atoms with Crippen molar-refractivity contribution in [3.05, 3.63) is 29.8 Å². The van der Waals surface area contributed by atoms with Crippen molar-refractivity contribution < 1.29 is 24.9 Å². The summed E-state index contributed by atoms with van der Waals surface area (Å²) in [5, 5.41) is 24.7. The molecule has 0 saturated carbocycles. The Morgan fingerprint density at radius 1 is 1.05 bits per heavy atom. The standard InChI is InChI=1S/C8H8O3.2C3H8O/c1-11-7-5-3-2-4-6(7)8(9)10;2*1-3(2)4/h2-5H,1H3,(H,9,10);2*3-4H,1-2H3. The molecule has 1 aromatic carbocycles. The summed E-state index contributed by atoms with van der Waals surface area (Å²) in [6.45, 7) is 6.89. The monoisotopic (exact) mass is 272 g/mol. The van der Waals surface area contributed by atoms with Crippen molar-refractivity contribution in [1.82, 2.24) is 0 Å².